The zero-order valence-electron chi connectivity index (χ0n) is 18.3. The van der Waals surface area contributed by atoms with Crippen LogP contribution < -0.4 is 0 Å². The monoisotopic (exact) mass is 484 g/mol. The maximum Gasteiger partial charge on any atom is 0.190 e. The molecule has 0 unspecified atom stereocenters. The number of fused-ring (bicyclic) bond motifs is 1. The maximum atomic E-state index is 6.43. The highest BCUT2D eigenvalue weighted by molar-refractivity contribution is 9.10. The molecule has 3 heterocycles. The van der Waals surface area contributed by atoms with Gasteiger partial charge in [0.2, 0.25) is 0 Å². The Morgan fingerprint density at radius 2 is 1.63 bits per heavy atom. The number of benzene rings is 1. The molecule has 1 aromatic rings. The van der Waals surface area contributed by atoms with Gasteiger partial charge in [-0.3, -0.25) is 0 Å². The van der Waals surface area contributed by atoms with Crippen LogP contribution in [0, 0.1) is 0 Å². The minimum atomic E-state index is -0.612. The Kier molecular flexibility index (Phi) is 6.90. The largest absolute Gasteiger partial charge is 0.368 e. The summed E-state index contributed by atoms with van der Waals surface area (Å²) in [6.07, 6.45) is 1.53. The summed E-state index contributed by atoms with van der Waals surface area (Å²) in [4.78, 5) is 0. The van der Waals surface area contributed by atoms with Crippen LogP contribution in [0.5, 0.6) is 0 Å². The van der Waals surface area contributed by atoms with Crippen molar-refractivity contribution in [3.63, 3.8) is 0 Å². The van der Waals surface area contributed by atoms with E-state index in [0.717, 1.165) is 35.7 Å². The topological polar surface area (TPSA) is 55.4 Å². The molecule has 0 radical (unpaired) electrons. The van der Waals surface area contributed by atoms with E-state index in [1.165, 1.54) is 0 Å². The van der Waals surface area contributed by atoms with Crippen LogP contribution in [0.25, 0.3) is 0 Å². The van der Waals surface area contributed by atoms with Crippen LogP contribution in [0.4, 0.5) is 0 Å². The fraction of sp³-hybridized carbons (Fsp3) is 0.739. The quantitative estimate of drug-likeness (QED) is 0.521. The Hall–Kier alpha value is -0.540. The summed E-state index contributed by atoms with van der Waals surface area (Å²) < 4.78 is 38.9. The molecule has 3 fully saturated rings. The third kappa shape index (κ3) is 4.10. The molecule has 7 heteroatoms. The second-order valence-corrected chi connectivity index (χ2v) is 9.09. The van der Waals surface area contributed by atoms with Gasteiger partial charge in [-0.05, 0) is 37.3 Å². The highest BCUT2D eigenvalue weighted by Crippen LogP contribution is 2.45. The number of ether oxygens (including phenoxy) is 6. The highest BCUT2D eigenvalue weighted by Gasteiger charge is 2.60. The lowest BCUT2D eigenvalue weighted by molar-refractivity contribution is -0.255. The SMILES string of the molecule is CCC1(CC)O[C@H]2O[C@H]([C@H]3COC(CC)(CC)O3)[C@H](OCc3ccccc3Br)[C@H]2O1. The van der Waals surface area contributed by atoms with E-state index in [-0.39, 0.29) is 24.4 Å². The lowest BCUT2D eigenvalue weighted by Crippen LogP contribution is -2.45. The molecule has 0 saturated carbocycles. The van der Waals surface area contributed by atoms with E-state index in [9.17, 15) is 0 Å². The van der Waals surface area contributed by atoms with Gasteiger partial charge in [-0.1, -0.05) is 61.8 Å². The Balaban J connectivity index is 1.53. The van der Waals surface area contributed by atoms with Gasteiger partial charge in [-0.15, -0.1) is 0 Å². The van der Waals surface area contributed by atoms with Gasteiger partial charge in [-0.25, -0.2) is 0 Å². The van der Waals surface area contributed by atoms with Crippen molar-refractivity contribution in [2.75, 3.05) is 6.61 Å². The first-order valence-electron chi connectivity index (χ1n) is 11.2. The Bertz CT molecular complexity index is 719. The Morgan fingerprint density at radius 1 is 0.933 bits per heavy atom. The molecule has 3 saturated heterocycles. The maximum absolute atomic E-state index is 6.43. The molecule has 30 heavy (non-hydrogen) atoms. The van der Waals surface area contributed by atoms with Crippen molar-refractivity contribution >= 4 is 15.9 Å². The van der Waals surface area contributed by atoms with Gasteiger partial charge in [0.1, 0.15) is 24.4 Å². The number of hydrogen-bond acceptors (Lipinski definition) is 6. The number of halogens is 1. The van der Waals surface area contributed by atoms with Crippen LogP contribution in [-0.2, 0) is 35.0 Å². The van der Waals surface area contributed by atoms with E-state index >= 15 is 0 Å². The summed E-state index contributed by atoms with van der Waals surface area (Å²) in [5, 5.41) is 0. The lowest BCUT2D eigenvalue weighted by Gasteiger charge is -2.32. The molecular formula is C23H33BrO6. The van der Waals surface area contributed by atoms with Gasteiger partial charge < -0.3 is 28.4 Å². The van der Waals surface area contributed by atoms with Crippen molar-refractivity contribution in [2.45, 2.75) is 102 Å². The molecule has 0 bridgehead atoms. The zero-order chi connectivity index (χ0) is 21.4. The number of hydrogen-bond donors (Lipinski definition) is 0. The number of rotatable bonds is 8. The minimum Gasteiger partial charge on any atom is -0.368 e. The summed E-state index contributed by atoms with van der Waals surface area (Å²) in [5.41, 5.74) is 1.08. The molecule has 1 aromatic carbocycles. The summed E-state index contributed by atoms with van der Waals surface area (Å²) in [6, 6.07) is 8.07. The molecule has 3 aliphatic heterocycles. The molecule has 0 aromatic heterocycles. The zero-order valence-corrected chi connectivity index (χ0v) is 19.9. The predicted octanol–water partition coefficient (Wildman–Crippen LogP) is 4.92. The van der Waals surface area contributed by atoms with Crippen LogP contribution in [-0.4, -0.2) is 48.9 Å². The highest BCUT2D eigenvalue weighted by atomic mass is 79.9. The van der Waals surface area contributed by atoms with Crippen LogP contribution in [0.3, 0.4) is 0 Å². The third-order valence-electron chi connectivity index (χ3n) is 6.68. The van der Waals surface area contributed by atoms with Gasteiger partial charge in [0, 0.05) is 4.47 Å². The van der Waals surface area contributed by atoms with Crippen LogP contribution in [0.15, 0.2) is 28.7 Å². The van der Waals surface area contributed by atoms with Gasteiger partial charge in [0.05, 0.1) is 13.2 Å². The minimum absolute atomic E-state index is 0.218. The van der Waals surface area contributed by atoms with Gasteiger partial charge in [0.25, 0.3) is 0 Å². The van der Waals surface area contributed by atoms with Gasteiger partial charge in [-0.2, -0.15) is 0 Å². The molecular weight excluding hydrogens is 452 g/mol. The van der Waals surface area contributed by atoms with Crippen molar-refractivity contribution < 1.29 is 28.4 Å². The van der Waals surface area contributed by atoms with Crippen LogP contribution in [0.1, 0.15) is 58.9 Å². The van der Waals surface area contributed by atoms with Crippen LogP contribution in [0.2, 0.25) is 0 Å². The average molecular weight is 485 g/mol. The van der Waals surface area contributed by atoms with Crippen molar-refractivity contribution in [2.24, 2.45) is 0 Å². The lowest BCUT2D eigenvalue weighted by atomic mass is 10.1. The van der Waals surface area contributed by atoms with E-state index in [1.807, 2.05) is 18.2 Å². The van der Waals surface area contributed by atoms with Crippen molar-refractivity contribution in [3.05, 3.63) is 34.3 Å². The van der Waals surface area contributed by atoms with E-state index in [4.69, 9.17) is 28.4 Å². The fourth-order valence-corrected chi connectivity index (χ4v) is 4.99. The molecule has 4 rings (SSSR count). The molecule has 6 nitrogen and oxygen atoms in total. The molecule has 168 valence electrons. The van der Waals surface area contributed by atoms with E-state index in [0.29, 0.717) is 13.2 Å². The van der Waals surface area contributed by atoms with E-state index in [2.05, 4.69) is 49.7 Å². The summed E-state index contributed by atoms with van der Waals surface area (Å²) in [6.45, 7) is 9.24. The van der Waals surface area contributed by atoms with Gasteiger partial charge in [0.15, 0.2) is 17.9 Å². The summed E-state index contributed by atoms with van der Waals surface area (Å²) in [7, 11) is 0. The predicted molar refractivity (Wildman–Crippen MR) is 115 cm³/mol. The van der Waals surface area contributed by atoms with Crippen molar-refractivity contribution in [1.29, 1.82) is 0 Å². The Morgan fingerprint density at radius 3 is 2.27 bits per heavy atom. The third-order valence-corrected chi connectivity index (χ3v) is 7.45. The molecule has 0 aliphatic carbocycles. The molecule has 0 spiro atoms. The molecule has 0 N–H and O–H groups in total. The summed E-state index contributed by atoms with van der Waals surface area (Å²) >= 11 is 3.61. The van der Waals surface area contributed by atoms with E-state index in [1.54, 1.807) is 0 Å². The molecule has 0 amide bonds. The smallest absolute Gasteiger partial charge is 0.190 e. The summed E-state index contributed by atoms with van der Waals surface area (Å²) in [5.74, 6) is -1.16. The average Bonchev–Trinajstić information content (AvgIpc) is 3.45. The van der Waals surface area contributed by atoms with E-state index < -0.39 is 17.9 Å². The fourth-order valence-electron chi connectivity index (χ4n) is 4.59. The standard InChI is InChI=1S/C23H33BrO6/c1-5-22(6-2)26-14-17(28-22)18-19(25-13-15-11-9-10-12-16(15)24)20-21(27-18)30-23(7-3,8-4)29-20/h9-12,17-21H,5-8,13-14H2,1-4H3/t17-,18-,19+,20-,21-/m1/s1. The second kappa shape index (κ2) is 9.14. The Labute approximate surface area is 187 Å². The van der Waals surface area contributed by atoms with Crippen LogP contribution >= 0.6 is 15.9 Å². The van der Waals surface area contributed by atoms with Gasteiger partial charge >= 0.3 is 0 Å². The van der Waals surface area contributed by atoms with Crippen molar-refractivity contribution in [3.8, 4) is 0 Å². The first kappa shape index (κ1) is 22.6. The first-order chi connectivity index (χ1) is 14.5. The molecule has 5 atom stereocenters. The second-order valence-electron chi connectivity index (χ2n) is 8.24. The normalized spacial score (nSPS) is 34.4. The van der Waals surface area contributed by atoms with Crippen molar-refractivity contribution in [1.82, 2.24) is 0 Å². The first-order valence-corrected chi connectivity index (χ1v) is 12.0. The molecule has 3 aliphatic rings.